The molecule has 2 amide bonds. The molecule has 5 N–H and O–H groups in total. The molecule has 140 valence electrons. The number of aliphatic hydroxyl groups excluding tert-OH is 1. The number of β-lactam (4-membered cyclic amide) rings is 1. The van der Waals surface area contributed by atoms with Gasteiger partial charge in [0.25, 0.3) is 11.8 Å². The van der Waals surface area contributed by atoms with Gasteiger partial charge in [-0.15, -0.1) is 23.1 Å². The van der Waals surface area contributed by atoms with Gasteiger partial charge >= 0.3 is 5.97 Å². The van der Waals surface area contributed by atoms with Gasteiger partial charge in [0.1, 0.15) is 17.1 Å². The highest BCUT2D eigenvalue weighted by Gasteiger charge is 2.54. The zero-order valence-electron chi connectivity index (χ0n) is 13.5. The fourth-order valence-electron chi connectivity index (χ4n) is 2.76. The molecule has 0 aromatic carbocycles. The molecule has 3 rings (SSSR count). The third-order valence-corrected chi connectivity index (χ3v) is 6.60. The Morgan fingerprint density at radius 3 is 2.88 bits per heavy atom. The highest BCUT2D eigenvalue weighted by atomic mass is 32.2. The van der Waals surface area contributed by atoms with Crippen molar-refractivity contribution in [3.8, 4) is 0 Å². The van der Waals surface area contributed by atoms with E-state index in [-0.39, 0.29) is 16.5 Å². The first-order chi connectivity index (χ1) is 12.3. The number of hydrogen-bond acceptors (Lipinski definition) is 9. The number of aliphatic hydroxyl groups is 1. The molecule has 0 bridgehead atoms. The lowest BCUT2D eigenvalue weighted by atomic mass is 10.0. The number of aromatic nitrogens is 1. The highest BCUT2D eigenvalue weighted by molar-refractivity contribution is 8.00. The number of carboxylic acids is 1. The van der Waals surface area contributed by atoms with Crippen LogP contribution in [-0.4, -0.2) is 67.1 Å². The monoisotopic (exact) mass is 416 g/mol. The molecule has 0 spiro atoms. The van der Waals surface area contributed by atoms with E-state index >= 15 is 0 Å². The number of carbonyl (C=O) groups excluding carboxylic acids is 2. The lowest BCUT2D eigenvalue weighted by Gasteiger charge is -2.49. The number of amides is 2. The van der Waals surface area contributed by atoms with Gasteiger partial charge in [-0.25, -0.2) is 9.78 Å². The van der Waals surface area contributed by atoms with E-state index in [9.17, 15) is 24.6 Å². The first-order valence-corrected chi connectivity index (χ1v) is 10.8. The molecule has 1 aromatic heterocycles. The number of nitrogens with two attached hydrogens (primary N) is 1. The van der Waals surface area contributed by atoms with Gasteiger partial charge in [-0.2, -0.15) is 11.8 Å². The normalized spacial score (nSPS) is 23.3. The van der Waals surface area contributed by atoms with Crippen molar-refractivity contribution in [1.82, 2.24) is 15.2 Å². The van der Waals surface area contributed by atoms with Crippen LogP contribution >= 0.6 is 34.9 Å². The van der Waals surface area contributed by atoms with Crippen molar-refractivity contribution in [3.63, 3.8) is 0 Å². The maximum Gasteiger partial charge on any atom is 0.352 e. The van der Waals surface area contributed by atoms with E-state index in [0.29, 0.717) is 17.1 Å². The number of thiazole rings is 1. The van der Waals surface area contributed by atoms with Gasteiger partial charge in [-0.1, -0.05) is 0 Å². The third kappa shape index (κ3) is 3.29. The summed E-state index contributed by atoms with van der Waals surface area (Å²) in [7, 11) is 0. The third-order valence-electron chi connectivity index (χ3n) is 3.93. The molecule has 9 nitrogen and oxygen atoms in total. The number of fused-ring (bicyclic) bond motifs is 1. The zero-order valence-corrected chi connectivity index (χ0v) is 16.0. The van der Waals surface area contributed by atoms with Crippen LogP contribution in [0.25, 0.3) is 0 Å². The summed E-state index contributed by atoms with van der Waals surface area (Å²) in [6.07, 6.45) is 0.317. The van der Waals surface area contributed by atoms with Crippen molar-refractivity contribution in [2.45, 2.75) is 17.5 Å². The summed E-state index contributed by atoms with van der Waals surface area (Å²) >= 11 is 3.96. The van der Waals surface area contributed by atoms with Crippen molar-refractivity contribution in [2.75, 3.05) is 23.5 Å². The molecule has 2 aliphatic heterocycles. The topological polar surface area (TPSA) is 146 Å². The summed E-state index contributed by atoms with van der Waals surface area (Å²) in [5, 5.41) is 23.2. The fraction of sp³-hybridized carbons (Fsp3) is 0.429. The predicted molar refractivity (Wildman–Crippen MR) is 99.6 cm³/mol. The first-order valence-electron chi connectivity index (χ1n) is 7.43. The Morgan fingerprint density at radius 2 is 2.31 bits per heavy atom. The average Bonchev–Trinajstić information content (AvgIpc) is 3.04. The van der Waals surface area contributed by atoms with Crippen LogP contribution in [0.4, 0.5) is 5.13 Å². The van der Waals surface area contributed by atoms with Crippen molar-refractivity contribution in [1.29, 1.82) is 0 Å². The molecule has 2 aliphatic rings. The molecule has 0 radical (unpaired) electrons. The number of nitrogen functional groups attached to an aromatic ring is 1. The molecule has 0 aliphatic carbocycles. The number of nitrogens with zero attached hydrogens (tertiary/aromatic N) is 2. The van der Waals surface area contributed by atoms with Crippen LogP contribution in [0.5, 0.6) is 0 Å². The minimum Gasteiger partial charge on any atom is -0.477 e. The predicted octanol–water partition coefficient (Wildman–Crippen LogP) is -0.140. The Labute approximate surface area is 161 Å². The van der Waals surface area contributed by atoms with Crippen molar-refractivity contribution >= 4 is 57.8 Å². The lowest BCUT2D eigenvalue weighted by Crippen LogP contribution is -2.70. The highest BCUT2D eigenvalue weighted by Crippen LogP contribution is 2.41. The largest absolute Gasteiger partial charge is 0.477 e. The average molecular weight is 417 g/mol. The van der Waals surface area contributed by atoms with Crippen molar-refractivity contribution in [2.24, 2.45) is 0 Å². The van der Waals surface area contributed by atoms with Gasteiger partial charge in [0.2, 0.25) is 0 Å². The number of aliphatic carboxylic acids is 1. The van der Waals surface area contributed by atoms with Crippen LogP contribution in [0, 0.1) is 0 Å². The number of carbonyl (C=O) groups is 3. The van der Waals surface area contributed by atoms with Gasteiger partial charge in [0, 0.05) is 16.9 Å². The Morgan fingerprint density at radius 1 is 1.58 bits per heavy atom. The minimum absolute atomic E-state index is 0.00794. The van der Waals surface area contributed by atoms with E-state index in [1.54, 1.807) is 0 Å². The molecular weight excluding hydrogens is 400 g/mol. The van der Waals surface area contributed by atoms with Crippen LogP contribution in [0.1, 0.15) is 11.8 Å². The molecule has 1 saturated heterocycles. The summed E-state index contributed by atoms with van der Waals surface area (Å²) in [5.41, 5.74) is 6.27. The summed E-state index contributed by atoms with van der Waals surface area (Å²) in [5.74, 6) is -1.45. The maximum absolute atomic E-state index is 12.4. The minimum atomic E-state index is -1.54. The molecular formula is C14H16N4O5S3. The number of carboxylic acid groups (broad SMARTS) is 1. The van der Waals surface area contributed by atoms with Crippen molar-refractivity contribution < 1.29 is 24.6 Å². The summed E-state index contributed by atoms with van der Waals surface area (Å²) in [6.45, 7) is 0. The molecule has 26 heavy (non-hydrogen) atoms. The molecule has 12 heteroatoms. The van der Waals surface area contributed by atoms with E-state index in [0.717, 1.165) is 11.3 Å². The Bertz CT molecular complexity index is 795. The second-order valence-electron chi connectivity index (χ2n) is 5.60. The number of nitrogens with one attached hydrogen (secondary N) is 1. The molecule has 3 atom stereocenters. The van der Waals surface area contributed by atoms with E-state index in [1.807, 2.05) is 6.26 Å². The Kier molecular flexibility index (Phi) is 5.46. The first kappa shape index (κ1) is 19.0. The van der Waals surface area contributed by atoms with Crippen LogP contribution in [-0.2, 0) is 14.4 Å². The fourth-order valence-corrected chi connectivity index (χ4v) is 5.41. The van der Waals surface area contributed by atoms with Gasteiger partial charge in [0.15, 0.2) is 11.2 Å². The lowest BCUT2D eigenvalue weighted by molar-refractivity contribution is -0.151. The molecule has 0 saturated carbocycles. The SMILES string of the molecule is CSCC1=C(C(=O)O)N2C(=O)C(NC(=O)C(O)c3csc(N)n3)[C@@H]2SC1. The zero-order chi connectivity index (χ0) is 19.0. The van der Waals surface area contributed by atoms with Crippen LogP contribution in [0.2, 0.25) is 0 Å². The van der Waals surface area contributed by atoms with E-state index in [4.69, 9.17) is 5.73 Å². The van der Waals surface area contributed by atoms with E-state index < -0.39 is 35.3 Å². The van der Waals surface area contributed by atoms with E-state index in [2.05, 4.69) is 10.3 Å². The molecule has 2 unspecified atom stereocenters. The van der Waals surface area contributed by atoms with Gasteiger partial charge < -0.3 is 21.3 Å². The summed E-state index contributed by atoms with van der Waals surface area (Å²) in [6, 6.07) is -0.886. The molecule has 1 fully saturated rings. The number of hydrogen-bond donors (Lipinski definition) is 4. The van der Waals surface area contributed by atoms with E-state index in [1.165, 1.54) is 33.8 Å². The quantitative estimate of drug-likeness (QED) is 0.465. The molecule has 3 heterocycles. The standard InChI is InChI=1S/C14H16N4O5S3/c1-24-2-5-3-25-12-7(11(21)18(12)8(5)13(22)23)17-10(20)9(19)6-4-26-14(15)16-6/h4,7,9,12,19H,2-3H2,1H3,(H2,15,16)(H,17,20)(H,22,23)/t7?,9?,12-/m0/s1. The van der Waals surface area contributed by atoms with Crippen LogP contribution in [0.3, 0.4) is 0 Å². The van der Waals surface area contributed by atoms with Crippen molar-refractivity contribution in [3.05, 3.63) is 22.3 Å². The van der Waals surface area contributed by atoms with Crippen LogP contribution in [0.15, 0.2) is 16.7 Å². The number of rotatable bonds is 6. The van der Waals surface area contributed by atoms with Gasteiger partial charge in [0.05, 0.1) is 5.69 Å². The maximum atomic E-state index is 12.4. The summed E-state index contributed by atoms with van der Waals surface area (Å²) < 4.78 is 0. The van der Waals surface area contributed by atoms with Gasteiger partial charge in [-0.05, 0) is 11.8 Å². The number of thioether (sulfide) groups is 2. The Balaban J connectivity index is 1.72. The second kappa shape index (κ2) is 7.47. The van der Waals surface area contributed by atoms with Crippen LogP contribution < -0.4 is 11.1 Å². The Hall–Kier alpha value is -1.76. The summed E-state index contributed by atoms with van der Waals surface area (Å²) in [4.78, 5) is 41.3. The number of anilines is 1. The second-order valence-corrected chi connectivity index (χ2v) is 8.46. The van der Waals surface area contributed by atoms with Gasteiger partial charge in [-0.3, -0.25) is 14.5 Å². The molecule has 1 aromatic rings. The smallest absolute Gasteiger partial charge is 0.352 e.